The lowest BCUT2D eigenvalue weighted by atomic mass is 9.94. The molecule has 1 aliphatic carbocycles. The average molecular weight is 256 g/mol. The molecule has 5 nitrogen and oxygen atoms in total. The largest absolute Gasteiger partial charge is 0.481 e. The summed E-state index contributed by atoms with van der Waals surface area (Å²) in [5.74, 6) is -1.47. The molecule has 1 amide bonds. The van der Waals surface area contributed by atoms with E-state index in [0.29, 0.717) is 6.42 Å². The summed E-state index contributed by atoms with van der Waals surface area (Å²) in [7, 11) is 0. The summed E-state index contributed by atoms with van der Waals surface area (Å²) in [5, 5.41) is 12.0. The lowest BCUT2D eigenvalue weighted by Crippen LogP contribution is -2.51. The first-order chi connectivity index (χ1) is 8.43. The van der Waals surface area contributed by atoms with E-state index in [-0.39, 0.29) is 17.9 Å². The van der Waals surface area contributed by atoms with E-state index < -0.39 is 17.9 Å². The third-order valence-corrected chi connectivity index (χ3v) is 3.68. The monoisotopic (exact) mass is 256 g/mol. The fourth-order valence-electron chi connectivity index (χ4n) is 2.36. The smallest absolute Gasteiger partial charge is 0.308 e. The van der Waals surface area contributed by atoms with E-state index in [0.717, 1.165) is 25.7 Å². The van der Waals surface area contributed by atoms with E-state index in [1.165, 1.54) is 0 Å². The van der Waals surface area contributed by atoms with E-state index in [1.54, 1.807) is 0 Å². The van der Waals surface area contributed by atoms with E-state index >= 15 is 0 Å². The summed E-state index contributed by atoms with van der Waals surface area (Å²) >= 11 is 0. The molecule has 3 atom stereocenters. The summed E-state index contributed by atoms with van der Waals surface area (Å²) in [5.41, 5.74) is 5.78. The third kappa shape index (κ3) is 3.98. The summed E-state index contributed by atoms with van der Waals surface area (Å²) in [4.78, 5) is 23.1. The highest BCUT2D eigenvalue weighted by Crippen LogP contribution is 2.24. The highest BCUT2D eigenvalue weighted by atomic mass is 16.4. The standard InChI is InChI=1S/C13H24N2O3/c1-8(2)11(14)12(16)15-10-7-5-3-4-6-9(10)13(17)18/h8-11H,3-7,14H2,1-2H3,(H,15,16)(H,17,18)/t9?,10?,11-/m1/s1. The number of hydrogen-bond acceptors (Lipinski definition) is 3. The molecule has 0 heterocycles. The second-order valence-corrected chi connectivity index (χ2v) is 5.47. The number of amides is 1. The molecule has 0 spiro atoms. The number of carboxylic acids is 1. The van der Waals surface area contributed by atoms with E-state index in [1.807, 2.05) is 13.8 Å². The van der Waals surface area contributed by atoms with Crippen molar-refractivity contribution >= 4 is 11.9 Å². The van der Waals surface area contributed by atoms with Gasteiger partial charge in [0, 0.05) is 6.04 Å². The second kappa shape index (κ2) is 6.73. The summed E-state index contributed by atoms with van der Waals surface area (Å²) < 4.78 is 0. The van der Waals surface area contributed by atoms with Crippen molar-refractivity contribution in [3.8, 4) is 0 Å². The zero-order valence-electron chi connectivity index (χ0n) is 11.2. The average Bonchev–Trinajstić information content (AvgIpc) is 2.53. The van der Waals surface area contributed by atoms with Crippen molar-refractivity contribution in [2.24, 2.45) is 17.6 Å². The van der Waals surface area contributed by atoms with Crippen molar-refractivity contribution in [2.45, 2.75) is 58.0 Å². The maximum Gasteiger partial charge on any atom is 0.308 e. The minimum Gasteiger partial charge on any atom is -0.481 e. The van der Waals surface area contributed by atoms with Crippen molar-refractivity contribution in [3.63, 3.8) is 0 Å². The quantitative estimate of drug-likeness (QED) is 0.657. The molecule has 4 N–H and O–H groups in total. The Morgan fingerprint density at radius 1 is 1.22 bits per heavy atom. The van der Waals surface area contributed by atoms with Crippen molar-refractivity contribution in [2.75, 3.05) is 0 Å². The van der Waals surface area contributed by atoms with Crippen LogP contribution in [-0.2, 0) is 9.59 Å². The van der Waals surface area contributed by atoms with Gasteiger partial charge in [0.25, 0.3) is 0 Å². The van der Waals surface area contributed by atoms with Crippen molar-refractivity contribution in [1.29, 1.82) is 0 Å². The van der Waals surface area contributed by atoms with Gasteiger partial charge < -0.3 is 16.2 Å². The Bertz CT molecular complexity index is 305. The summed E-state index contributed by atoms with van der Waals surface area (Å²) in [6.07, 6.45) is 4.28. The lowest BCUT2D eigenvalue weighted by molar-refractivity contribution is -0.143. The van der Waals surface area contributed by atoms with Gasteiger partial charge in [0.15, 0.2) is 0 Å². The molecule has 0 radical (unpaired) electrons. The van der Waals surface area contributed by atoms with Gasteiger partial charge in [0.1, 0.15) is 0 Å². The molecule has 1 saturated carbocycles. The molecule has 2 unspecified atom stereocenters. The molecule has 5 heteroatoms. The van der Waals surface area contributed by atoms with Crippen LogP contribution >= 0.6 is 0 Å². The Morgan fingerprint density at radius 2 is 1.83 bits per heavy atom. The van der Waals surface area contributed by atoms with Crippen LogP contribution in [0.15, 0.2) is 0 Å². The molecular formula is C13H24N2O3. The van der Waals surface area contributed by atoms with E-state index in [2.05, 4.69) is 5.32 Å². The van der Waals surface area contributed by atoms with Crippen LogP contribution in [0.25, 0.3) is 0 Å². The topological polar surface area (TPSA) is 92.4 Å². The predicted molar refractivity (Wildman–Crippen MR) is 69.0 cm³/mol. The van der Waals surface area contributed by atoms with Crippen molar-refractivity contribution in [3.05, 3.63) is 0 Å². The van der Waals surface area contributed by atoms with Gasteiger partial charge in [0.05, 0.1) is 12.0 Å². The number of carbonyl (C=O) groups is 2. The Morgan fingerprint density at radius 3 is 2.39 bits per heavy atom. The molecule has 0 aromatic carbocycles. The maximum absolute atomic E-state index is 11.9. The Hall–Kier alpha value is -1.10. The lowest BCUT2D eigenvalue weighted by Gasteiger charge is -2.25. The zero-order chi connectivity index (χ0) is 13.7. The highest BCUT2D eigenvalue weighted by Gasteiger charge is 2.31. The van der Waals surface area contributed by atoms with Crippen LogP contribution in [0.5, 0.6) is 0 Å². The third-order valence-electron chi connectivity index (χ3n) is 3.68. The minimum absolute atomic E-state index is 0.0547. The molecule has 18 heavy (non-hydrogen) atoms. The second-order valence-electron chi connectivity index (χ2n) is 5.47. The molecule has 0 aliphatic heterocycles. The maximum atomic E-state index is 11.9. The Kier molecular flexibility index (Phi) is 5.59. The van der Waals surface area contributed by atoms with Crippen molar-refractivity contribution < 1.29 is 14.7 Å². The minimum atomic E-state index is -0.819. The Balaban J connectivity index is 2.66. The normalized spacial score (nSPS) is 26.4. The molecule has 0 aromatic heterocycles. The van der Waals surface area contributed by atoms with Gasteiger partial charge in [0.2, 0.25) is 5.91 Å². The van der Waals surface area contributed by atoms with Gasteiger partial charge in [-0.05, 0) is 18.8 Å². The van der Waals surface area contributed by atoms with Crippen LogP contribution in [0, 0.1) is 11.8 Å². The number of nitrogens with one attached hydrogen (secondary N) is 1. The van der Waals surface area contributed by atoms with Crippen LogP contribution in [0.4, 0.5) is 0 Å². The van der Waals surface area contributed by atoms with Crippen molar-refractivity contribution in [1.82, 2.24) is 5.32 Å². The first-order valence-electron chi connectivity index (χ1n) is 6.72. The molecule has 0 aromatic rings. The number of hydrogen-bond donors (Lipinski definition) is 3. The zero-order valence-corrected chi connectivity index (χ0v) is 11.2. The number of nitrogens with two attached hydrogens (primary N) is 1. The highest BCUT2D eigenvalue weighted by molar-refractivity contribution is 5.83. The van der Waals surface area contributed by atoms with Crippen LogP contribution in [-0.4, -0.2) is 29.1 Å². The molecular weight excluding hydrogens is 232 g/mol. The van der Waals surface area contributed by atoms with Crippen LogP contribution in [0.2, 0.25) is 0 Å². The van der Waals surface area contributed by atoms with Crippen LogP contribution in [0.1, 0.15) is 46.0 Å². The van der Waals surface area contributed by atoms with Gasteiger partial charge in [-0.3, -0.25) is 9.59 Å². The van der Waals surface area contributed by atoms with E-state index in [9.17, 15) is 14.7 Å². The predicted octanol–water partition coefficient (Wildman–Crippen LogP) is 1.12. The fourth-order valence-corrected chi connectivity index (χ4v) is 2.36. The Labute approximate surface area is 108 Å². The number of carbonyl (C=O) groups excluding carboxylic acids is 1. The number of rotatable bonds is 4. The van der Waals surface area contributed by atoms with Gasteiger partial charge in [-0.25, -0.2) is 0 Å². The molecule has 1 aliphatic rings. The van der Waals surface area contributed by atoms with Gasteiger partial charge >= 0.3 is 5.97 Å². The fraction of sp³-hybridized carbons (Fsp3) is 0.846. The van der Waals surface area contributed by atoms with E-state index in [4.69, 9.17) is 5.73 Å². The molecule has 1 fully saturated rings. The molecule has 1 rings (SSSR count). The van der Waals surface area contributed by atoms with Gasteiger partial charge in [-0.1, -0.05) is 33.1 Å². The first kappa shape index (κ1) is 15.0. The molecule has 0 saturated heterocycles. The van der Waals surface area contributed by atoms with Crippen LogP contribution < -0.4 is 11.1 Å². The summed E-state index contributed by atoms with van der Waals surface area (Å²) in [6.45, 7) is 3.76. The van der Waals surface area contributed by atoms with Gasteiger partial charge in [-0.15, -0.1) is 0 Å². The number of aliphatic carboxylic acids is 1. The van der Waals surface area contributed by atoms with Crippen LogP contribution in [0.3, 0.4) is 0 Å². The molecule has 0 bridgehead atoms. The summed E-state index contributed by atoms with van der Waals surface area (Å²) in [6, 6.07) is -0.843. The van der Waals surface area contributed by atoms with Gasteiger partial charge in [-0.2, -0.15) is 0 Å². The number of carboxylic acid groups (broad SMARTS) is 1. The SMILES string of the molecule is CC(C)[C@@H](N)C(=O)NC1CCCCCC1C(=O)O. The molecule has 104 valence electrons. The first-order valence-corrected chi connectivity index (χ1v) is 6.72.